The highest BCUT2D eigenvalue weighted by Gasteiger charge is 2.02. The predicted octanol–water partition coefficient (Wildman–Crippen LogP) is 3.14. The molecule has 0 aliphatic rings. The van der Waals surface area contributed by atoms with E-state index in [0.717, 1.165) is 24.4 Å². The van der Waals surface area contributed by atoms with Gasteiger partial charge in [0.15, 0.2) is 0 Å². The zero-order valence-corrected chi connectivity index (χ0v) is 11.5. The summed E-state index contributed by atoms with van der Waals surface area (Å²) in [6, 6.07) is 15.5. The van der Waals surface area contributed by atoms with Crippen LogP contribution in [0.2, 0.25) is 0 Å². The number of nitrogens with zero attached hydrogens (tertiary/aromatic N) is 2. The molecule has 0 radical (unpaired) electrons. The van der Waals surface area contributed by atoms with Gasteiger partial charge in [0.2, 0.25) is 0 Å². The summed E-state index contributed by atoms with van der Waals surface area (Å²) in [5.74, 6) is 1.52. The van der Waals surface area contributed by atoms with Crippen LogP contribution in [0.1, 0.15) is 17.7 Å². The standard InChI is InChI=1S/C16H17N3O/c1-13-8-9-14(12-17)16(19-13)18-10-5-11-20-15-6-3-2-4-7-15/h2-4,6-9H,5,10-11H2,1H3,(H,18,19). The Bertz CT molecular complexity index is 590. The minimum atomic E-state index is 0.569. The van der Waals surface area contributed by atoms with Crippen LogP contribution in [-0.2, 0) is 0 Å². The first-order valence-electron chi connectivity index (χ1n) is 6.59. The van der Waals surface area contributed by atoms with Crippen LogP contribution >= 0.6 is 0 Å². The zero-order valence-electron chi connectivity index (χ0n) is 11.5. The summed E-state index contributed by atoms with van der Waals surface area (Å²) in [4.78, 5) is 4.33. The van der Waals surface area contributed by atoms with Gasteiger partial charge in [-0.05, 0) is 37.6 Å². The molecule has 2 aromatic rings. The number of ether oxygens (including phenoxy) is 1. The number of para-hydroxylation sites is 1. The van der Waals surface area contributed by atoms with Gasteiger partial charge in [-0.25, -0.2) is 4.98 Å². The topological polar surface area (TPSA) is 57.9 Å². The zero-order chi connectivity index (χ0) is 14.2. The van der Waals surface area contributed by atoms with Crippen molar-refractivity contribution in [2.24, 2.45) is 0 Å². The second kappa shape index (κ2) is 7.15. The largest absolute Gasteiger partial charge is 0.494 e. The van der Waals surface area contributed by atoms with Crippen molar-refractivity contribution >= 4 is 5.82 Å². The molecular formula is C16H17N3O. The minimum absolute atomic E-state index is 0.569. The van der Waals surface area contributed by atoms with Gasteiger partial charge < -0.3 is 10.1 Å². The predicted molar refractivity (Wildman–Crippen MR) is 78.7 cm³/mol. The van der Waals surface area contributed by atoms with E-state index < -0.39 is 0 Å². The Labute approximate surface area is 119 Å². The molecular weight excluding hydrogens is 250 g/mol. The SMILES string of the molecule is Cc1ccc(C#N)c(NCCCOc2ccccc2)n1. The maximum Gasteiger partial charge on any atom is 0.144 e. The van der Waals surface area contributed by atoms with E-state index in [2.05, 4.69) is 16.4 Å². The lowest BCUT2D eigenvalue weighted by Gasteiger charge is -2.09. The lowest BCUT2D eigenvalue weighted by molar-refractivity contribution is 0.315. The van der Waals surface area contributed by atoms with Crippen molar-refractivity contribution in [3.05, 3.63) is 53.7 Å². The molecule has 4 nitrogen and oxygen atoms in total. The van der Waals surface area contributed by atoms with Gasteiger partial charge in [-0.15, -0.1) is 0 Å². The molecule has 0 spiro atoms. The summed E-state index contributed by atoms with van der Waals surface area (Å²) < 4.78 is 5.60. The van der Waals surface area contributed by atoms with Crippen molar-refractivity contribution in [2.45, 2.75) is 13.3 Å². The third kappa shape index (κ3) is 3.99. The number of anilines is 1. The van der Waals surface area contributed by atoms with Crippen LogP contribution in [0.3, 0.4) is 0 Å². The average molecular weight is 267 g/mol. The van der Waals surface area contributed by atoms with Gasteiger partial charge in [0.25, 0.3) is 0 Å². The fourth-order valence-electron chi connectivity index (χ4n) is 1.77. The first-order chi connectivity index (χ1) is 9.79. The molecule has 0 fully saturated rings. The minimum Gasteiger partial charge on any atom is -0.494 e. The normalized spacial score (nSPS) is 9.80. The molecule has 0 aliphatic heterocycles. The van der Waals surface area contributed by atoms with E-state index in [9.17, 15) is 0 Å². The first kappa shape index (κ1) is 13.9. The molecule has 20 heavy (non-hydrogen) atoms. The van der Waals surface area contributed by atoms with Crippen molar-refractivity contribution in [3.63, 3.8) is 0 Å². The summed E-state index contributed by atoms with van der Waals surface area (Å²) in [7, 11) is 0. The van der Waals surface area contributed by atoms with E-state index >= 15 is 0 Å². The second-order valence-corrected chi connectivity index (χ2v) is 4.40. The smallest absolute Gasteiger partial charge is 0.144 e. The molecule has 0 saturated carbocycles. The Morgan fingerprint density at radius 3 is 2.75 bits per heavy atom. The Hall–Kier alpha value is -2.54. The van der Waals surface area contributed by atoms with Crippen molar-refractivity contribution in [2.75, 3.05) is 18.5 Å². The van der Waals surface area contributed by atoms with Gasteiger partial charge in [0.1, 0.15) is 17.6 Å². The fraction of sp³-hybridized carbons (Fsp3) is 0.250. The second-order valence-electron chi connectivity index (χ2n) is 4.40. The molecule has 2 rings (SSSR count). The van der Waals surface area contributed by atoms with Crippen LogP contribution in [0.4, 0.5) is 5.82 Å². The fourth-order valence-corrected chi connectivity index (χ4v) is 1.77. The molecule has 0 bridgehead atoms. The van der Waals surface area contributed by atoms with E-state index in [-0.39, 0.29) is 0 Å². The van der Waals surface area contributed by atoms with Crippen molar-refractivity contribution in [1.82, 2.24) is 4.98 Å². The van der Waals surface area contributed by atoms with Crippen LogP contribution in [0.25, 0.3) is 0 Å². The monoisotopic (exact) mass is 267 g/mol. The van der Waals surface area contributed by atoms with Gasteiger partial charge in [-0.1, -0.05) is 18.2 Å². The molecule has 1 aromatic heterocycles. The molecule has 1 aromatic carbocycles. The van der Waals surface area contributed by atoms with E-state index in [1.165, 1.54) is 0 Å². The quantitative estimate of drug-likeness (QED) is 0.817. The number of nitrogens with one attached hydrogen (secondary N) is 1. The van der Waals surface area contributed by atoms with Crippen molar-refractivity contribution in [1.29, 1.82) is 5.26 Å². The molecule has 102 valence electrons. The third-order valence-corrected chi connectivity index (χ3v) is 2.78. The van der Waals surface area contributed by atoms with Gasteiger partial charge in [0.05, 0.1) is 12.2 Å². The van der Waals surface area contributed by atoms with Crippen LogP contribution in [0, 0.1) is 18.3 Å². The highest BCUT2D eigenvalue weighted by Crippen LogP contribution is 2.12. The van der Waals surface area contributed by atoms with E-state index in [1.54, 1.807) is 6.07 Å². The summed E-state index contributed by atoms with van der Waals surface area (Å²) in [5.41, 5.74) is 1.46. The molecule has 0 atom stereocenters. The number of pyridine rings is 1. The van der Waals surface area contributed by atoms with Crippen LogP contribution in [0.15, 0.2) is 42.5 Å². The molecule has 0 aliphatic carbocycles. The van der Waals surface area contributed by atoms with Gasteiger partial charge in [-0.3, -0.25) is 0 Å². The summed E-state index contributed by atoms with van der Waals surface area (Å²) in [6.45, 7) is 3.26. The summed E-state index contributed by atoms with van der Waals surface area (Å²) in [5, 5.41) is 12.2. The number of benzene rings is 1. The van der Waals surface area contributed by atoms with Crippen LogP contribution in [-0.4, -0.2) is 18.1 Å². The van der Waals surface area contributed by atoms with E-state index in [4.69, 9.17) is 10.00 Å². The first-order valence-corrected chi connectivity index (χ1v) is 6.59. The number of hydrogen-bond acceptors (Lipinski definition) is 4. The molecule has 0 saturated heterocycles. The number of nitriles is 1. The molecule has 1 N–H and O–H groups in total. The number of aryl methyl sites for hydroxylation is 1. The lowest BCUT2D eigenvalue weighted by Crippen LogP contribution is -2.09. The Morgan fingerprint density at radius 2 is 2.00 bits per heavy atom. The highest BCUT2D eigenvalue weighted by atomic mass is 16.5. The Kier molecular flexibility index (Phi) is 4.96. The highest BCUT2D eigenvalue weighted by molar-refractivity contribution is 5.52. The molecule has 4 heteroatoms. The lowest BCUT2D eigenvalue weighted by atomic mass is 10.2. The molecule has 1 heterocycles. The summed E-state index contributed by atoms with van der Waals surface area (Å²) >= 11 is 0. The maximum atomic E-state index is 9.01. The number of aromatic nitrogens is 1. The Morgan fingerprint density at radius 1 is 1.20 bits per heavy atom. The van der Waals surface area contributed by atoms with Crippen molar-refractivity contribution in [3.8, 4) is 11.8 Å². The maximum absolute atomic E-state index is 9.01. The van der Waals surface area contributed by atoms with E-state index in [0.29, 0.717) is 18.0 Å². The molecule has 0 unspecified atom stereocenters. The van der Waals surface area contributed by atoms with Gasteiger partial charge in [-0.2, -0.15) is 5.26 Å². The Balaban J connectivity index is 1.76. The number of hydrogen-bond donors (Lipinski definition) is 1. The van der Waals surface area contributed by atoms with Crippen molar-refractivity contribution < 1.29 is 4.74 Å². The van der Waals surface area contributed by atoms with Gasteiger partial charge >= 0.3 is 0 Å². The molecule has 0 amide bonds. The van der Waals surface area contributed by atoms with Gasteiger partial charge in [0, 0.05) is 12.2 Å². The van der Waals surface area contributed by atoms with Crippen LogP contribution in [0.5, 0.6) is 5.75 Å². The average Bonchev–Trinajstić information content (AvgIpc) is 2.48. The summed E-state index contributed by atoms with van der Waals surface area (Å²) in [6.07, 6.45) is 0.843. The van der Waals surface area contributed by atoms with E-state index in [1.807, 2.05) is 43.3 Å². The number of rotatable bonds is 6. The van der Waals surface area contributed by atoms with Crippen LogP contribution < -0.4 is 10.1 Å². The third-order valence-electron chi connectivity index (χ3n) is 2.78.